The first-order valence-electron chi connectivity index (χ1n) is 7.51. The fraction of sp³-hybridized carbons (Fsp3) is 0.562. The number of hydrogen-bond donors (Lipinski definition) is 1. The van der Waals surface area contributed by atoms with Crippen LogP contribution < -0.4 is 0 Å². The van der Waals surface area contributed by atoms with Crippen LogP contribution in [0.15, 0.2) is 24.3 Å². The van der Waals surface area contributed by atoms with Crippen molar-refractivity contribution in [3.63, 3.8) is 0 Å². The lowest BCUT2D eigenvalue weighted by molar-refractivity contribution is -0.138. The van der Waals surface area contributed by atoms with Gasteiger partial charge in [0.25, 0.3) is 0 Å². The van der Waals surface area contributed by atoms with E-state index in [9.17, 15) is 18.0 Å². The van der Waals surface area contributed by atoms with Gasteiger partial charge in [-0.1, -0.05) is 18.6 Å². The third-order valence-corrected chi connectivity index (χ3v) is 4.07. The number of carbonyl (C=O) groups is 1. The Morgan fingerprint density at radius 3 is 2.50 bits per heavy atom. The van der Waals surface area contributed by atoms with E-state index in [1.807, 2.05) is 0 Å². The Kier molecular flexibility index (Phi) is 5.45. The van der Waals surface area contributed by atoms with Crippen LogP contribution in [0.3, 0.4) is 0 Å². The van der Waals surface area contributed by atoms with Crippen molar-refractivity contribution in [2.45, 2.75) is 44.3 Å². The zero-order chi connectivity index (χ0) is 16.2. The van der Waals surface area contributed by atoms with Gasteiger partial charge in [-0.15, -0.1) is 0 Å². The molecule has 1 atom stereocenters. The maximum atomic E-state index is 12.6. The molecule has 0 aromatic heterocycles. The minimum absolute atomic E-state index is 0.0878. The molecule has 0 saturated carbocycles. The highest BCUT2D eigenvalue weighted by molar-refractivity contribution is 5.66. The van der Waals surface area contributed by atoms with E-state index in [0.29, 0.717) is 13.0 Å². The molecule has 1 aliphatic rings. The second-order valence-corrected chi connectivity index (χ2v) is 5.66. The molecule has 1 fully saturated rings. The maximum absolute atomic E-state index is 12.6. The Morgan fingerprint density at radius 1 is 1.23 bits per heavy atom. The summed E-state index contributed by atoms with van der Waals surface area (Å²) in [6, 6.07) is 5.43. The Hall–Kier alpha value is -1.56. The molecule has 2 rings (SSSR count). The van der Waals surface area contributed by atoms with Gasteiger partial charge in [-0.2, -0.15) is 13.2 Å². The third kappa shape index (κ3) is 4.47. The Morgan fingerprint density at radius 2 is 1.91 bits per heavy atom. The summed E-state index contributed by atoms with van der Waals surface area (Å²) in [4.78, 5) is 12.8. The third-order valence-electron chi connectivity index (χ3n) is 4.07. The minimum Gasteiger partial charge on any atom is -0.481 e. The van der Waals surface area contributed by atoms with E-state index in [1.54, 1.807) is 12.1 Å². The van der Waals surface area contributed by atoms with Gasteiger partial charge in [0, 0.05) is 12.5 Å². The van der Waals surface area contributed by atoms with Crippen molar-refractivity contribution in [2.75, 3.05) is 13.1 Å². The number of halogens is 3. The number of aliphatic carboxylic acids is 1. The van der Waals surface area contributed by atoms with Gasteiger partial charge < -0.3 is 5.11 Å². The van der Waals surface area contributed by atoms with E-state index >= 15 is 0 Å². The zero-order valence-corrected chi connectivity index (χ0v) is 12.3. The van der Waals surface area contributed by atoms with Gasteiger partial charge in [0.1, 0.15) is 0 Å². The minimum atomic E-state index is -4.31. The van der Waals surface area contributed by atoms with Crippen LogP contribution in [0.5, 0.6) is 0 Å². The van der Waals surface area contributed by atoms with Gasteiger partial charge >= 0.3 is 12.1 Å². The van der Waals surface area contributed by atoms with Crippen LogP contribution in [0.1, 0.15) is 49.3 Å². The predicted molar refractivity (Wildman–Crippen MR) is 76.5 cm³/mol. The second kappa shape index (κ2) is 7.13. The summed E-state index contributed by atoms with van der Waals surface area (Å²) in [5.41, 5.74) is 0.243. The normalized spacial score (nSPS) is 20.0. The number of likely N-dealkylation sites (tertiary alicyclic amines) is 1. The van der Waals surface area contributed by atoms with Gasteiger partial charge in [0.05, 0.1) is 5.56 Å². The number of carboxylic acids is 1. The van der Waals surface area contributed by atoms with Gasteiger partial charge in [-0.3, -0.25) is 9.69 Å². The largest absolute Gasteiger partial charge is 0.481 e. The fourth-order valence-electron chi connectivity index (χ4n) is 2.96. The highest BCUT2D eigenvalue weighted by atomic mass is 19.4. The van der Waals surface area contributed by atoms with E-state index in [2.05, 4.69) is 4.90 Å². The molecule has 122 valence electrons. The first-order valence-corrected chi connectivity index (χ1v) is 7.51. The summed E-state index contributed by atoms with van der Waals surface area (Å²) in [6.07, 6.45) is -0.640. The van der Waals surface area contributed by atoms with Gasteiger partial charge in [-0.25, -0.2) is 0 Å². The van der Waals surface area contributed by atoms with Crippen molar-refractivity contribution in [3.8, 4) is 0 Å². The summed E-state index contributed by atoms with van der Waals surface area (Å²) in [5.74, 6) is -0.817. The van der Waals surface area contributed by atoms with E-state index in [0.717, 1.165) is 43.5 Å². The first-order chi connectivity index (χ1) is 10.4. The molecule has 1 aliphatic heterocycles. The molecule has 0 radical (unpaired) electrons. The molecule has 3 nitrogen and oxygen atoms in total. The van der Waals surface area contributed by atoms with E-state index in [1.165, 1.54) is 0 Å². The number of benzene rings is 1. The van der Waals surface area contributed by atoms with Crippen molar-refractivity contribution in [1.29, 1.82) is 0 Å². The summed E-state index contributed by atoms with van der Waals surface area (Å²) in [7, 11) is 0. The van der Waals surface area contributed by atoms with Crippen molar-refractivity contribution >= 4 is 5.97 Å². The molecule has 0 spiro atoms. The molecule has 1 N–H and O–H groups in total. The lowest BCUT2D eigenvalue weighted by Crippen LogP contribution is -2.34. The number of hydrogen-bond acceptors (Lipinski definition) is 2. The number of piperidine rings is 1. The lowest BCUT2D eigenvalue weighted by Gasteiger charge is -2.36. The van der Waals surface area contributed by atoms with Crippen LogP contribution in [0.25, 0.3) is 0 Å². The average molecular weight is 315 g/mol. The quantitative estimate of drug-likeness (QED) is 0.889. The van der Waals surface area contributed by atoms with E-state index < -0.39 is 17.7 Å². The predicted octanol–water partition coefficient (Wildman–Crippen LogP) is 4.10. The van der Waals surface area contributed by atoms with Gasteiger partial charge in [-0.05, 0) is 50.0 Å². The zero-order valence-electron chi connectivity index (χ0n) is 12.3. The average Bonchev–Trinajstić information content (AvgIpc) is 2.47. The molecule has 1 heterocycles. The van der Waals surface area contributed by atoms with Crippen molar-refractivity contribution in [1.82, 2.24) is 4.90 Å². The Labute approximate surface area is 127 Å². The molecule has 22 heavy (non-hydrogen) atoms. The van der Waals surface area contributed by atoms with Crippen LogP contribution in [0, 0.1) is 0 Å². The van der Waals surface area contributed by atoms with Crippen molar-refractivity contribution < 1.29 is 23.1 Å². The molecular weight excluding hydrogens is 295 g/mol. The first kappa shape index (κ1) is 16.8. The topological polar surface area (TPSA) is 40.5 Å². The molecule has 0 bridgehead atoms. The molecule has 6 heteroatoms. The molecule has 0 aliphatic carbocycles. The lowest BCUT2D eigenvalue weighted by atomic mass is 9.94. The van der Waals surface area contributed by atoms with Gasteiger partial charge in [0.2, 0.25) is 0 Å². The molecule has 1 aromatic carbocycles. The number of rotatable bonds is 5. The van der Waals surface area contributed by atoms with E-state index in [4.69, 9.17) is 5.11 Å². The SMILES string of the molecule is O=C(O)CCCN1CCCC[C@H]1c1ccc(C(F)(F)F)cc1. The molecule has 1 saturated heterocycles. The second-order valence-electron chi connectivity index (χ2n) is 5.66. The van der Waals surface area contributed by atoms with Crippen LogP contribution in [0.2, 0.25) is 0 Å². The summed E-state index contributed by atoms with van der Waals surface area (Å²) < 4.78 is 37.8. The Balaban J connectivity index is 2.05. The van der Waals surface area contributed by atoms with Crippen molar-refractivity contribution in [3.05, 3.63) is 35.4 Å². The summed E-state index contributed by atoms with van der Waals surface area (Å²) >= 11 is 0. The summed E-state index contributed by atoms with van der Waals surface area (Å²) in [6.45, 7) is 1.53. The maximum Gasteiger partial charge on any atom is 0.416 e. The fourth-order valence-corrected chi connectivity index (χ4v) is 2.96. The highest BCUT2D eigenvalue weighted by Crippen LogP contribution is 2.34. The van der Waals surface area contributed by atoms with E-state index in [-0.39, 0.29) is 12.5 Å². The number of nitrogens with zero attached hydrogens (tertiary/aromatic N) is 1. The summed E-state index contributed by atoms with van der Waals surface area (Å²) in [5, 5.41) is 8.71. The highest BCUT2D eigenvalue weighted by Gasteiger charge is 2.31. The Bertz CT molecular complexity index is 499. The molecule has 1 aromatic rings. The van der Waals surface area contributed by atoms with Crippen LogP contribution in [-0.4, -0.2) is 29.1 Å². The number of carboxylic acid groups (broad SMARTS) is 1. The smallest absolute Gasteiger partial charge is 0.416 e. The standard InChI is InChI=1S/C16H20F3NO2/c17-16(18,19)13-8-6-12(7-9-13)14-4-1-2-10-20(14)11-3-5-15(21)22/h6-9,14H,1-5,10-11H2,(H,21,22)/t14-/m0/s1. The number of alkyl halides is 3. The van der Waals surface area contributed by atoms with Crippen molar-refractivity contribution in [2.24, 2.45) is 0 Å². The van der Waals surface area contributed by atoms with Crippen LogP contribution in [-0.2, 0) is 11.0 Å². The van der Waals surface area contributed by atoms with Gasteiger partial charge in [0.15, 0.2) is 0 Å². The molecular formula is C16H20F3NO2. The molecule has 0 unspecified atom stereocenters. The monoisotopic (exact) mass is 315 g/mol. The molecule has 0 amide bonds. The van der Waals surface area contributed by atoms with Crippen LogP contribution in [0.4, 0.5) is 13.2 Å². The van der Waals surface area contributed by atoms with Crippen LogP contribution >= 0.6 is 0 Å².